The Bertz CT molecular complexity index is 472. The lowest BCUT2D eigenvalue weighted by molar-refractivity contribution is 0.123. The predicted octanol–water partition coefficient (Wildman–Crippen LogP) is 1.05. The van der Waals surface area contributed by atoms with Crippen molar-refractivity contribution in [1.29, 1.82) is 0 Å². The summed E-state index contributed by atoms with van der Waals surface area (Å²) < 4.78 is 10.5. The highest BCUT2D eigenvalue weighted by Gasteiger charge is 2.14. The van der Waals surface area contributed by atoms with Gasteiger partial charge in [-0.05, 0) is 12.1 Å². The molecule has 0 aromatic heterocycles. The van der Waals surface area contributed by atoms with Crippen LogP contribution in [0.2, 0.25) is 0 Å². The number of guanidine groups is 1. The van der Waals surface area contributed by atoms with E-state index in [1.165, 1.54) is 0 Å². The minimum Gasteiger partial charge on any atom is -0.383 e. The van der Waals surface area contributed by atoms with Gasteiger partial charge in [0.05, 0.1) is 31.2 Å². The van der Waals surface area contributed by atoms with Crippen LogP contribution < -0.4 is 10.6 Å². The van der Waals surface area contributed by atoms with Crippen LogP contribution in [0.15, 0.2) is 29.3 Å². The van der Waals surface area contributed by atoms with Crippen molar-refractivity contribution in [3.05, 3.63) is 24.3 Å². The predicted molar refractivity (Wildman–Crippen MR) is 85.3 cm³/mol. The molecule has 0 atom stereocenters. The number of rotatable bonds is 5. The monoisotopic (exact) mass is 292 g/mol. The average molecular weight is 292 g/mol. The fourth-order valence-electron chi connectivity index (χ4n) is 2.18. The van der Waals surface area contributed by atoms with Crippen LogP contribution >= 0.6 is 0 Å². The molecule has 0 bridgehead atoms. The smallest absolute Gasteiger partial charge is 0.196 e. The lowest BCUT2D eigenvalue weighted by Crippen LogP contribution is -2.37. The number of nitrogens with zero attached hydrogens (tertiary/aromatic N) is 3. The number of para-hydroxylation sites is 2. The molecule has 0 amide bonds. The van der Waals surface area contributed by atoms with E-state index in [1.807, 2.05) is 30.1 Å². The third kappa shape index (κ3) is 4.34. The molecule has 116 valence electrons. The fraction of sp³-hybridized carbons (Fsp3) is 0.533. The van der Waals surface area contributed by atoms with Gasteiger partial charge in [-0.25, -0.2) is 4.99 Å². The molecule has 6 heteroatoms. The maximum Gasteiger partial charge on any atom is 0.196 e. The minimum atomic E-state index is 0.493. The Morgan fingerprint density at radius 1 is 1.38 bits per heavy atom. The zero-order valence-electron chi connectivity index (χ0n) is 12.8. The van der Waals surface area contributed by atoms with Crippen molar-refractivity contribution in [2.24, 2.45) is 10.7 Å². The maximum absolute atomic E-state index is 6.07. The lowest BCUT2D eigenvalue weighted by atomic mass is 10.2. The number of ether oxygens (including phenoxy) is 2. The zero-order chi connectivity index (χ0) is 15.1. The Morgan fingerprint density at radius 3 is 2.81 bits per heavy atom. The van der Waals surface area contributed by atoms with Crippen molar-refractivity contribution < 1.29 is 9.47 Å². The second-order valence-corrected chi connectivity index (χ2v) is 4.97. The van der Waals surface area contributed by atoms with Crippen LogP contribution in [0.25, 0.3) is 0 Å². The third-order valence-corrected chi connectivity index (χ3v) is 3.49. The minimum absolute atomic E-state index is 0.493. The zero-order valence-corrected chi connectivity index (χ0v) is 12.8. The first-order valence-corrected chi connectivity index (χ1v) is 7.18. The number of nitrogens with two attached hydrogens (primary N) is 1. The van der Waals surface area contributed by atoms with E-state index in [0.29, 0.717) is 19.1 Å². The number of likely N-dealkylation sites (N-methyl/N-ethyl adjacent to an activating group) is 1. The Kier molecular flexibility index (Phi) is 5.83. The fourth-order valence-corrected chi connectivity index (χ4v) is 2.18. The van der Waals surface area contributed by atoms with Gasteiger partial charge in [-0.3, -0.25) is 0 Å². The summed E-state index contributed by atoms with van der Waals surface area (Å²) in [5.41, 5.74) is 8.06. The van der Waals surface area contributed by atoms with Gasteiger partial charge in [-0.1, -0.05) is 12.1 Å². The van der Waals surface area contributed by atoms with Crippen LogP contribution in [-0.4, -0.2) is 64.5 Å². The van der Waals surface area contributed by atoms with Gasteiger partial charge in [0.25, 0.3) is 0 Å². The summed E-state index contributed by atoms with van der Waals surface area (Å²) >= 11 is 0. The topological polar surface area (TPSA) is 63.3 Å². The molecule has 1 aliphatic heterocycles. The van der Waals surface area contributed by atoms with E-state index < -0.39 is 0 Å². The quantitative estimate of drug-likeness (QED) is 0.649. The number of hydrogen-bond acceptors (Lipinski definition) is 4. The van der Waals surface area contributed by atoms with Crippen molar-refractivity contribution in [1.82, 2.24) is 4.90 Å². The normalized spacial score (nSPS) is 16.1. The van der Waals surface area contributed by atoms with Gasteiger partial charge >= 0.3 is 0 Å². The number of benzene rings is 1. The summed E-state index contributed by atoms with van der Waals surface area (Å²) in [4.78, 5) is 8.74. The SMILES string of the molecule is COCCN(C)/C(N)=N/c1ccccc1N1CCOCC1. The molecule has 0 spiro atoms. The van der Waals surface area contributed by atoms with E-state index in [9.17, 15) is 0 Å². The summed E-state index contributed by atoms with van der Waals surface area (Å²) in [6.07, 6.45) is 0. The van der Waals surface area contributed by atoms with Gasteiger partial charge in [0.15, 0.2) is 5.96 Å². The Labute approximate surface area is 126 Å². The van der Waals surface area contributed by atoms with Gasteiger partial charge in [0.2, 0.25) is 0 Å². The molecule has 0 aliphatic carbocycles. The summed E-state index contributed by atoms with van der Waals surface area (Å²) in [6, 6.07) is 8.06. The van der Waals surface area contributed by atoms with E-state index in [4.69, 9.17) is 15.2 Å². The van der Waals surface area contributed by atoms with E-state index >= 15 is 0 Å². The third-order valence-electron chi connectivity index (χ3n) is 3.49. The Balaban J connectivity index is 2.15. The highest BCUT2D eigenvalue weighted by atomic mass is 16.5. The molecule has 2 N–H and O–H groups in total. The van der Waals surface area contributed by atoms with Gasteiger partial charge in [0.1, 0.15) is 0 Å². The van der Waals surface area contributed by atoms with E-state index in [-0.39, 0.29) is 0 Å². The number of morpholine rings is 1. The van der Waals surface area contributed by atoms with Crippen LogP contribution in [0.1, 0.15) is 0 Å². The second kappa shape index (κ2) is 7.85. The summed E-state index contributed by atoms with van der Waals surface area (Å²) in [6.45, 7) is 4.60. The summed E-state index contributed by atoms with van der Waals surface area (Å²) in [5.74, 6) is 0.493. The van der Waals surface area contributed by atoms with Crippen LogP contribution in [0.3, 0.4) is 0 Å². The van der Waals surface area contributed by atoms with Crippen molar-refractivity contribution >= 4 is 17.3 Å². The highest BCUT2D eigenvalue weighted by molar-refractivity contribution is 5.83. The van der Waals surface area contributed by atoms with E-state index in [1.54, 1.807) is 7.11 Å². The van der Waals surface area contributed by atoms with Crippen LogP contribution in [0.5, 0.6) is 0 Å². The summed E-state index contributed by atoms with van der Waals surface area (Å²) in [5, 5.41) is 0. The van der Waals surface area contributed by atoms with Gasteiger partial charge < -0.3 is 25.0 Å². The number of aliphatic imine (C=N–C) groups is 1. The number of methoxy groups -OCH3 is 1. The van der Waals surface area contributed by atoms with Crippen LogP contribution in [0, 0.1) is 0 Å². The lowest BCUT2D eigenvalue weighted by Gasteiger charge is -2.30. The molecule has 1 aromatic carbocycles. The van der Waals surface area contributed by atoms with Crippen LogP contribution in [-0.2, 0) is 9.47 Å². The molecule has 21 heavy (non-hydrogen) atoms. The van der Waals surface area contributed by atoms with Crippen molar-refractivity contribution in [3.8, 4) is 0 Å². The molecule has 1 aliphatic rings. The van der Waals surface area contributed by atoms with E-state index in [0.717, 1.165) is 37.7 Å². The van der Waals surface area contributed by atoms with Crippen molar-refractivity contribution in [3.63, 3.8) is 0 Å². The first-order chi connectivity index (χ1) is 10.2. The van der Waals surface area contributed by atoms with E-state index in [2.05, 4.69) is 16.0 Å². The molecule has 2 rings (SSSR count). The van der Waals surface area contributed by atoms with Crippen molar-refractivity contribution in [2.75, 3.05) is 58.5 Å². The van der Waals surface area contributed by atoms with Gasteiger partial charge in [0, 0.05) is 33.8 Å². The molecular weight excluding hydrogens is 268 g/mol. The molecule has 1 heterocycles. The molecular formula is C15H24N4O2. The van der Waals surface area contributed by atoms with Gasteiger partial charge in [-0.15, -0.1) is 0 Å². The first kappa shape index (κ1) is 15.6. The Hall–Kier alpha value is -1.79. The molecule has 1 aromatic rings. The van der Waals surface area contributed by atoms with Crippen molar-refractivity contribution in [2.45, 2.75) is 0 Å². The standard InChI is InChI=1S/C15H24N4O2/c1-18(7-10-20-2)15(16)17-13-5-3-4-6-14(13)19-8-11-21-12-9-19/h3-6H,7-12H2,1-2H3,(H2,16,17). The molecule has 0 saturated carbocycles. The summed E-state index contributed by atoms with van der Waals surface area (Å²) in [7, 11) is 3.59. The Morgan fingerprint density at radius 2 is 2.10 bits per heavy atom. The maximum atomic E-state index is 6.07. The molecule has 1 fully saturated rings. The largest absolute Gasteiger partial charge is 0.383 e. The van der Waals surface area contributed by atoms with Crippen LogP contribution in [0.4, 0.5) is 11.4 Å². The number of anilines is 1. The number of hydrogen-bond donors (Lipinski definition) is 1. The molecule has 0 unspecified atom stereocenters. The molecule has 0 radical (unpaired) electrons. The second-order valence-electron chi connectivity index (χ2n) is 4.97. The highest BCUT2D eigenvalue weighted by Crippen LogP contribution is 2.28. The first-order valence-electron chi connectivity index (χ1n) is 7.18. The average Bonchev–Trinajstić information content (AvgIpc) is 2.54. The van der Waals surface area contributed by atoms with Gasteiger partial charge in [-0.2, -0.15) is 0 Å². The molecule has 1 saturated heterocycles. The molecule has 6 nitrogen and oxygen atoms in total.